The van der Waals surface area contributed by atoms with Crippen molar-refractivity contribution in [1.82, 2.24) is 10.2 Å². The van der Waals surface area contributed by atoms with Gasteiger partial charge in [0, 0.05) is 12.6 Å². The topological polar surface area (TPSA) is 39.1 Å². The van der Waals surface area contributed by atoms with Crippen molar-refractivity contribution in [3.8, 4) is 6.07 Å². The van der Waals surface area contributed by atoms with Crippen LogP contribution in [0, 0.1) is 17.2 Å². The van der Waals surface area contributed by atoms with Crippen LogP contribution in [0.5, 0.6) is 0 Å². The molecular weight excluding hydrogens is 210 g/mol. The second-order valence-corrected chi connectivity index (χ2v) is 5.59. The molecule has 1 aliphatic rings. The highest BCUT2D eigenvalue weighted by molar-refractivity contribution is 5.05. The van der Waals surface area contributed by atoms with Crippen LogP contribution in [0.3, 0.4) is 0 Å². The third kappa shape index (κ3) is 3.69. The van der Waals surface area contributed by atoms with E-state index in [1.54, 1.807) is 0 Å². The van der Waals surface area contributed by atoms with Crippen molar-refractivity contribution in [1.29, 1.82) is 5.26 Å². The van der Waals surface area contributed by atoms with Gasteiger partial charge in [0.25, 0.3) is 0 Å². The Balaban J connectivity index is 2.35. The van der Waals surface area contributed by atoms with Crippen molar-refractivity contribution in [3.05, 3.63) is 0 Å². The Morgan fingerprint density at radius 2 is 2.18 bits per heavy atom. The standard InChI is InChI=1S/C14H27N3/c1-5-14(11-15,16-4)7-6-8-17-10-12(2)9-13(17)3/h12-13,16H,5-10H2,1-4H3. The maximum Gasteiger partial charge on any atom is 0.106 e. The summed E-state index contributed by atoms with van der Waals surface area (Å²) in [5.74, 6) is 0.834. The number of hydrogen-bond donors (Lipinski definition) is 1. The van der Waals surface area contributed by atoms with Gasteiger partial charge in [0.15, 0.2) is 0 Å². The van der Waals surface area contributed by atoms with E-state index in [-0.39, 0.29) is 5.54 Å². The average Bonchev–Trinajstić information content (AvgIpc) is 2.64. The normalized spacial score (nSPS) is 28.9. The van der Waals surface area contributed by atoms with E-state index in [0.29, 0.717) is 0 Å². The van der Waals surface area contributed by atoms with Gasteiger partial charge < -0.3 is 10.2 Å². The second-order valence-electron chi connectivity index (χ2n) is 5.59. The fourth-order valence-corrected chi connectivity index (χ4v) is 2.95. The van der Waals surface area contributed by atoms with E-state index >= 15 is 0 Å². The molecule has 17 heavy (non-hydrogen) atoms. The number of nitrogens with one attached hydrogen (secondary N) is 1. The molecule has 0 saturated carbocycles. The zero-order valence-corrected chi connectivity index (χ0v) is 11.8. The summed E-state index contributed by atoms with van der Waals surface area (Å²) in [7, 11) is 1.90. The maximum absolute atomic E-state index is 9.24. The molecule has 1 N–H and O–H groups in total. The van der Waals surface area contributed by atoms with Gasteiger partial charge in [-0.3, -0.25) is 0 Å². The van der Waals surface area contributed by atoms with E-state index in [0.717, 1.165) is 37.8 Å². The molecule has 0 aromatic rings. The van der Waals surface area contributed by atoms with Gasteiger partial charge >= 0.3 is 0 Å². The first-order valence-corrected chi connectivity index (χ1v) is 6.91. The first kappa shape index (κ1) is 14.5. The summed E-state index contributed by atoms with van der Waals surface area (Å²) in [5, 5.41) is 12.4. The van der Waals surface area contributed by atoms with Crippen LogP contribution in [0.25, 0.3) is 0 Å². The molecule has 3 atom stereocenters. The van der Waals surface area contributed by atoms with Crippen molar-refractivity contribution in [3.63, 3.8) is 0 Å². The molecule has 3 nitrogen and oxygen atoms in total. The Hall–Kier alpha value is -0.590. The van der Waals surface area contributed by atoms with Crippen molar-refractivity contribution < 1.29 is 0 Å². The van der Waals surface area contributed by atoms with Gasteiger partial charge in [0.2, 0.25) is 0 Å². The van der Waals surface area contributed by atoms with Crippen LogP contribution in [0.2, 0.25) is 0 Å². The van der Waals surface area contributed by atoms with Gasteiger partial charge in [0.05, 0.1) is 6.07 Å². The van der Waals surface area contributed by atoms with Crippen molar-refractivity contribution in [2.75, 3.05) is 20.1 Å². The lowest BCUT2D eigenvalue weighted by Crippen LogP contribution is -2.41. The molecule has 3 heteroatoms. The van der Waals surface area contributed by atoms with Crippen molar-refractivity contribution in [2.24, 2.45) is 5.92 Å². The van der Waals surface area contributed by atoms with Gasteiger partial charge in [-0.2, -0.15) is 5.26 Å². The van der Waals surface area contributed by atoms with E-state index in [9.17, 15) is 5.26 Å². The first-order valence-electron chi connectivity index (χ1n) is 6.91. The number of nitriles is 1. The molecule has 1 heterocycles. The second kappa shape index (κ2) is 6.37. The lowest BCUT2D eigenvalue weighted by Gasteiger charge is -2.27. The lowest BCUT2D eigenvalue weighted by molar-refractivity contribution is 0.247. The van der Waals surface area contributed by atoms with E-state index in [1.807, 2.05) is 7.05 Å². The monoisotopic (exact) mass is 237 g/mol. The molecule has 0 aromatic carbocycles. The number of nitrogens with zero attached hydrogens (tertiary/aromatic N) is 2. The van der Waals surface area contributed by atoms with Crippen molar-refractivity contribution in [2.45, 2.75) is 58.0 Å². The predicted molar refractivity (Wildman–Crippen MR) is 71.7 cm³/mol. The van der Waals surface area contributed by atoms with E-state index in [4.69, 9.17) is 0 Å². The zero-order valence-electron chi connectivity index (χ0n) is 11.8. The van der Waals surface area contributed by atoms with Gasteiger partial charge in [-0.15, -0.1) is 0 Å². The van der Waals surface area contributed by atoms with Crippen molar-refractivity contribution >= 4 is 0 Å². The third-order valence-corrected chi connectivity index (χ3v) is 4.26. The van der Waals surface area contributed by atoms with Crippen LogP contribution in [0.1, 0.15) is 46.5 Å². The summed E-state index contributed by atoms with van der Waals surface area (Å²) in [5.41, 5.74) is -0.311. The third-order valence-electron chi connectivity index (χ3n) is 4.26. The maximum atomic E-state index is 9.24. The highest BCUT2D eigenvalue weighted by atomic mass is 15.2. The molecule has 0 bridgehead atoms. The Kier molecular flexibility index (Phi) is 5.42. The van der Waals surface area contributed by atoms with Gasteiger partial charge in [-0.1, -0.05) is 13.8 Å². The molecule has 1 rings (SSSR count). The molecule has 0 spiro atoms. The largest absolute Gasteiger partial charge is 0.302 e. The van der Waals surface area contributed by atoms with Crippen LogP contribution in [-0.2, 0) is 0 Å². The summed E-state index contributed by atoms with van der Waals surface area (Å²) in [6.07, 6.45) is 4.27. The summed E-state index contributed by atoms with van der Waals surface area (Å²) in [4.78, 5) is 2.57. The molecule has 98 valence electrons. The predicted octanol–water partition coefficient (Wildman–Crippen LogP) is 2.39. The summed E-state index contributed by atoms with van der Waals surface area (Å²) < 4.78 is 0. The van der Waals surface area contributed by atoms with Gasteiger partial charge in [-0.05, 0) is 52.1 Å². The fourth-order valence-electron chi connectivity index (χ4n) is 2.95. The van der Waals surface area contributed by atoms with Crippen LogP contribution < -0.4 is 5.32 Å². The number of rotatable bonds is 6. The van der Waals surface area contributed by atoms with E-state index in [2.05, 4.69) is 37.1 Å². The Morgan fingerprint density at radius 1 is 1.47 bits per heavy atom. The van der Waals surface area contributed by atoms with E-state index in [1.165, 1.54) is 13.0 Å². The SMILES string of the molecule is CCC(C#N)(CCCN1CC(C)CC1C)NC. The molecular formula is C14H27N3. The Bertz CT molecular complexity index is 265. The molecule has 0 amide bonds. The highest BCUT2D eigenvalue weighted by Crippen LogP contribution is 2.23. The molecule has 0 radical (unpaired) electrons. The minimum Gasteiger partial charge on any atom is -0.302 e. The first-order chi connectivity index (χ1) is 8.06. The highest BCUT2D eigenvalue weighted by Gasteiger charge is 2.28. The zero-order chi connectivity index (χ0) is 12.9. The summed E-state index contributed by atoms with van der Waals surface area (Å²) in [6.45, 7) is 9.10. The minimum absolute atomic E-state index is 0.311. The number of likely N-dealkylation sites (tertiary alicyclic amines) is 1. The van der Waals surface area contributed by atoms with E-state index < -0.39 is 0 Å². The quantitative estimate of drug-likeness (QED) is 0.771. The molecule has 1 saturated heterocycles. The van der Waals surface area contributed by atoms with Crippen LogP contribution in [0.15, 0.2) is 0 Å². The number of hydrogen-bond acceptors (Lipinski definition) is 3. The Morgan fingerprint density at radius 3 is 2.59 bits per heavy atom. The van der Waals surface area contributed by atoms with Crippen LogP contribution in [-0.4, -0.2) is 36.6 Å². The molecule has 0 aliphatic carbocycles. The van der Waals surface area contributed by atoms with Gasteiger partial charge in [-0.25, -0.2) is 0 Å². The molecule has 3 unspecified atom stereocenters. The Labute approximate surface area is 106 Å². The molecule has 1 aliphatic heterocycles. The average molecular weight is 237 g/mol. The lowest BCUT2D eigenvalue weighted by atomic mass is 9.92. The van der Waals surface area contributed by atoms with Crippen LogP contribution in [0.4, 0.5) is 0 Å². The summed E-state index contributed by atoms with van der Waals surface area (Å²) in [6, 6.07) is 3.15. The summed E-state index contributed by atoms with van der Waals surface area (Å²) >= 11 is 0. The minimum atomic E-state index is -0.311. The fraction of sp³-hybridized carbons (Fsp3) is 0.929. The van der Waals surface area contributed by atoms with Gasteiger partial charge in [0.1, 0.15) is 5.54 Å². The molecule has 0 aromatic heterocycles. The molecule has 1 fully saturated rings. The smallest absolute Gasteiger partial charge is 0.106 e. The van der Waals surface area contributed by atoms with Crippen LogP contribution >= 0.6 is 0 Å².